The molecule has 0 heterocycles. The van der Waals surface area contributed by atoms with Crippen LogP contribution in [-0.4, -0.2) is 25.3 Å². The number of nitrogens with one attached hydrogen (secondary N) is 1. The van der Waals surface area contributed by atoms with Crippen LogP contribution in [0.2, 0.25) is 0 Å². The van der Waals surface area contributed by atoms with E-state index in [1.54, 1.807) is 0 Å². The van der Waals surface area contributed by atoms with Crippen LogP contribution in [0, 0.1) is 11.3 Å². The maximum Gasteiger partial charge on any atom is 0.0775 e. The molecule has 0 aliphatic heterocycles. The number of hydrogen-bond donors (Lipinski definition) is 1. The molecule has 0 saturated carbocycles. The Morgan fingerprint density at radius 1 is 1.06 bits per heavy atom. The second-order valence-electron chi connectivity index (χ2n) is 6.38. The zero-order valence-corrected chi connectivity index (χ0v) is 13.0. The summed E-state index contributed by atoms with van der Waals surface area (Å²) in [6, 6.07) is 0.474. The molecule has 0 bridgehead atoms. The van der Waals surface area contributed by atoms with Crippen LogP contribution in [0.3, 0.4) is 0 Å². The molecule has 0 aliphatic carbocycles. The highest BCUT2D eigenvalue weighted by Gasteiger charge is 2.32. The highest BCUT2D eigenvalue weighted by Crippen LogP contribution is 2.27. The van der Waals surface area contributed by atoms with Crippen LogP contribution in [0.5, 0.6) is 0 Å². The average molecular weight is 243 g/mol. The highest BCUT2D eigenvalue weighted by atomic mass is 16.5. The summed E-state index contributed by atoms with van der Waals surface area (Å²) in [4.78, 5) is 0. The predicted molar refractivity (Wildman–Crippen MR) is 76.4 cm³/mol. The maximum absolute atomic E-state index is 5.99. The van der Waals surface area contributed by atoms with Crippen molar-refractivity contribution in [2.75, 3.05) is 13.2 Å². The summed E-state index contributed by atoms with van der Waals surface area (Å²) in [5.74, 6) is 0.762. The summed E-state index contributed by atoms with van der Waals surface area (Å²) >= 11 is 0. The molecule has 0 aromatic heterocycles. The fourth-order valence-corrected chi connectivity index (χ4v) is 2.28. The van der Waals surface area contributed by atoms with E-state index in [4.69, 9.17) is 4.74 Å². The number of ether oxygens (including phenoxy) is 1. The molecule has 0 rings (SSSR count). The number of likely N-dealkylation sites (N-methyl/N-ethyl adjacent to an activating group) is 1. The van der Waals surface area contributed by atoms with Gasteiger partial charge in [0.25, 0.3) is 0 Å². The second-order valence-corrected chi connectivity index (χ2v) is 6.38. The molecule has 0 spiro atoms. The molecule has 0 amide bonds. The molecule has 2 atom stereocenters. The van der Waals surface area contributed by atoms with Crippen LogP contribution in [0.1, 0.15) is 61.3 Å². The van der Waals surface area contributed by atoms with Gasteiger partial charge in [-0.2, -0.15) is 0 Å². The van der Waals surface area contributed by atoms with Crippen LogP contribution < -0.4 is 5.32 Å². The predicted octanol–water partition coefficient (Wildman–Crippen LogP) is 3.85. The zero-order valence-electron chi connectivity index (χ0n) is 13.0. The van der Waals surface area contributed by atoms with Gasteiger partial charge in [-0.25, -0.2) is 0 Å². The zero-order chi connectivity index (χ0) is 13.5. The minimum Gasteiger partial charge on any atom is -0.376 e. The lowest BCUT2D eigenvalue weighted by molar-refractivity contribution is -0.0379. The Kier molecular flexibility index (Phi) is 8.06. The minimum atomic E-state index is 0.194. The van der Waals surface area contributed by atoms with Gasteiger partial charge in [-0.1, -0.05) is 41.5 Å². The molecule has 0 aromatic rings. The van der Waals surface area contributed by atoms with Crippen molar-refractivity contribution in [1.29, 1.82) is 0 Å². The summed E-state index contributed by atoms with van der Waals surface area (Å²) in [6.45, 7) is 17.5. The molecule has 1 N–H and O–H groups in total. The molecule has 0 aliphatic rings. The lowest BCUT2D eigenvalue weighted by Gasteiger charge is -2.37. The number of rotatable bonds is 8. The van der Waals surface area contributed by atoms with E-state index in [9.17, 15) is 0 Å². The Bertz CT molecular complexity index is 184. The normalized spacial score (nSPS) is 16.2. The van der Waals surface area contributed by atoms with Crippen molar-refractivity contribution in [3.05, 3.63) is 0 Å². The monoisotopic (exact) mass is 243 g/mol. The molecular weight excluding hydrogens is 210 g/mol. The third kappa shape index (κ3) is 7.05. The Morgan fingerprint density at radius 3 is 2.00 bits per heavy atom. The van der Waals surface area contributed by atoms with Crippen molar-refractivity contribution in [2.24, 2.45) is 11.3 Å². The third-order valence-electron chi connectivity index (χ3n) is 3.09. The molecule has 0 saturated heterocycles. The van der Waals surface area contributed by atoms with E-state index in [2.05, 4.69) is 53.8 Å². The topological polar surface area (TPSA) is 21.3 Å². The van der Waals surface area contributed by atoms with E-state index in [1.807, 2.05) is 0 Å². The first-order valence-electron chi connectivity index (χ1n) is 7.17. The highest BCUT2D eigenvalue weighted by molar-refractivity contribution is 4.86. The van der Waals surface area contributed by atoms with Gasteiger partial charge in [0.2, 0.25) is 0 Å². The number of hydrogen-bond acceptors (Lipinski definition) is 2. The van der Waals surface area contributed by atoms with Gasteiger partial charge in [0.05, 0.1) is 6.10 Å². The van der Waals surface area contributed by atoms with E-state index in [0.717, 1.165) is 19.1 Å². The van der Waals surface area contributed by atoms with Crippen molar-refractivity contribution in [1.82, 2.24) is 5.32 Å². The lowest BCUT2D eigenvalue weighted by Crippen LogP contribution is -2.48. The van der Waals surface area contributed by atoms with E-state index >= 15 is 0 Å². The van der Waals surface area contributed by atoms with Crippen molar-refractivity contribution in [3.63, 3.8) is 0 Å². The second kappa shape index (κ2) is 8.10. The summed E-state index contributed by atoms with van der Waals surface area (Å²) in [6.07, 6.45) is 2.76. The van der Waals surface area contributed by atoms with Gasteiger partial charge in [-0.3, -0.25) is 0 Å². The molecular formula is C15H33NO. The summed E-state index contributed by atoms with van der Waals surface area (Å²) in [5, 5.41) is 3.60. The summed E-state index contributed by atoms with van der Waals surface area (Å²) in [7, 11) is 0. The van der Waals surface area contributed by atoms with E-state index < -0.39 is 0 Å². The van der Waals surface area contributed by atoms with Gasteiger partial charge >= 0.3 is 0 Å². The molecule has 2 heteroatoms. The first-order valence-corrected chi connectivity index (χ1v) is 7.17. The first kappa shape index (κ1) is 16.9. The van der Waals surface area contributed by atoms with Gasteiger partial charge in [-0.15, -0.1) is 0 Å². The molecule has 17 heavy (non-hydrogen) atoms. The van der Waals surface area contributed by atoms with Gasteiger partial charge in [-0.05, 0) is 37.6 Å². The van der Waals surface area contributed by atoms with Crippen LogP contribution in [0.4, 0.5) is 0 Å². The Hall–Kier alpha value is -0.0800. The fourth-order valence-electron chi connectivity index (χ4n) is 2.28. The van der Waals surface area contributed by atoms with Crippen LogP contribution >= 0.6 is 0 Å². The van der Waals surface area contributed by atoms with E-state index in [1.165, 1.54) is 12.8 Å². The molecule has 0 aromatic carbocycles. The molecule has 0 radical (unpaired) electrons. The largest absolute Gasteiger partial charge is 0.376 e. The maximum atomic E-state index is 5.99. The van der Waals surface area contributed by atoms with Crippen LogP contribution in [0.25, 0.3) is 0 Å². The standard InChI is InChI=1S/C15H33NO/c1-8-16-13(11-10-12(3)4)14(17-9-2)15(5,6)7/h12-14,16H,8-11H2,1-7H3. The minimum absolute atomic E-state index is 0.194. The van der Waals surface area contributed by atoms with Gasteiger partial charge < -0.3 is 10.1 Å². The molecule has 2 unspecified atom stereocenters. The fraction of sp³-hybridized carbons (Fsp3) is 1.00. The van der Waals surface area contributed by atoms with Crippen LogP contribution in [-0.2, 0) is 4.74 Å². The van der Waals surface area contributed by atoms with Gasteiger partial charge in [0.1, 0.15) is 0 Å². The van der Waals surface area contributed by atoms with E-state index in [0.29, 0.717) is 12.1 Å². The Balaban J connectivity index is 4.58. The van der Waals surface area contributed by atoms with E-state index in [-0.39, 0.29) is 5.41 Å². The van der Waals surface area contributed by atoms with Crippen molar-refractivity contribution >= 4 is 0 Å². The Labute approximate surface area is 109 Å². The smallest absolute Gasteiger partial charge is 0.0775 e. The SMILES string of the molecule is CCNC(CCC(C)C)C(OCC)C(C)(C)C. The van der Waals surface area contributed by atoms with Crippen LogP contribution in [0.15, 0.2) is 0 Å². The van der Waals surface area contributed by atoms with Crippen molar-refractivity contribution in [2.45, 2.75) is 73.5 Å². The van der Waals surface area contributed by atoms with Crippen molar-refractivity contribution < 1.29 is 4.74 Å². The molecule has 2 nitrogen and oxygen atoms in total. The van der Waals surface area contributed by atoms with Gasteiger partial charge in [0, 0.05) is 12.6 Å². The molecule has 0 fully saturated rings. The Morgan fingerprint density at radius 2 is 1.65 bits per heavy atom. The average Bonchev–Trinajstić information content (AvgIpc) is 2.19. The lowest BCUT2D eigenvalue weighted by atomic mass is 9.82. The quantitative estimate of drug-likeness (QED) is 0.699. The molecule has 104 valence electrons. The third-order valence-corrected chi connectivity index (χ3v) is 3.09. The first-order chi connectivity index (χ1) is 7.82. The van der Waals surface area contributed by atoms with Gasteiger partial charge in [0.15, 0.2) is 0 Å². The summed E-state index contributed by atoms with van der Waals surface area (Å²) in [5.41, 5.74) is 0.194. The van der Waals surface area contributed by atoms with Crippen molar-refractivity contribution in [3.8, 4) is 0 Å². The summed E-state index contributed by atoms with van der Waals surface area (Å²) < 4.78 is 5.99.